The zero-order valence-electron chi connectivity index (χ0n) is 13.7. The van der Waals surface area contributed by atoms with Crippen molar-refractivity contribution in [1.29, 1.82) is 0 Å². The molecule has 2 aromatic heterocycles. The van der Waals surface area contributed by atoms with Crippen LogP contribution in [0.15, 0.2) is 23.6 Å². The highest BCUT2D eigenvalue weighted by molar-refractivity contribution is 7.09. The quantitative estimate of drug-likeness (QED) is 0.876. The van der Waals surface area contributed by atoms with E-state index < -0.39 is 6.10 Å². The second-order valence-corrected chi connectivity index (χ2v) is 7.85. The van der Waals surface area contributed by atoms with Crippen molar-refractivity contribution in [1.82, 2.24) is 14.7 Å². The van der Waals surface area contributed by atoms with Crippen molar-refractivity contribution in [2.24, 2.45) is 5.92 Å². The minimum Gasteiger partial charge on any atom is -0.386 e. The van der Waals surface area contributed by atoms with Gasteiger partial charge in [0, 0.05) is 17.8 Å². The van der Waals surface area contributed by atoms with Gasteiger partial charge in [-0.25, -0.2) is 0 Å². The van der Waals surface area contributed by atoms with Gasteiger partial charge in [-0.05, 0) is 49.1 Å². The third-order valence-electron chi connectivity index (χ3n) is 4.93. The van der Waals surface area contributed by atoms with Crippen molar-refractivity contribution in [3.8, 4) is 0 Å². The van der Waals surface area contributed by atoms with Crippen LogP contribution in [0.25, 0.3) is 0 Å². The monoisotopic (exact) mass is 345 g/mol. The summed E-state index contributed by atoms with van der Waals surface area (Å²) in [5.74, 6) is 0.611. The Morgan fingerprint density at radius 3 is 3.04 bits per heavy atom. The average Bonchev–Trinajstić information content (AvgIpc) is 3.14. The molecule has 1 N–H and O–H groups in total. The first kappa shape index (κ1) is 15.8. The van der Waals surface area contributed by atoms with Gasteiger partial charge in [0.1, 0.15) is 6.10 Å². The Balaban J connectivity index is 1.32. The predicted octanol–water partition coefficient (Wildman–Crippen LogP) is 2.75. The van der Waals surface area contributed by atoms with E-state index in [4.69, 9.17) is 0 Å². The average molecular weight is 345 g/mol. The Morgan fingerprint density at radius 2 is 2.29 bits per heavy atom. The minimum absolute atomic E-state index is 0.225. The summed E-state index contributed by atoms with van der Waals surface area (Å²) in [5, 5.41) is 16.8. The van der Waals surface area contributed by atoms with Gasteiger partial charge in [0.05, 0.1) is 24.5 Å². The molecular formula is C18H23N3O2S. The van der Waals surface area contributed by atoms with Crippen LogP contribution in [0.4, 0.5) is 0 Å². The summed E-state index contributed by atoms with van der Waals surface area (Å²) in [5.41, 5.74) is 1.82. The molecule has 5 nitrogen and oxygen atoms in total. The van der Waals surface area contributed by atoms with E-state index >= 15 is 0 Å². The van der Waals surface area contributed by atoms with Crippen LogP contribution in [0.1, 0.15) is 48.1 Å². The maximum Gasteiger partial charge on any atom is 0.222 e. The zero-order chi connectivity index (χ0) is 16.5. The standard InChI is InChI=1S/C18H23N3O2S/c22-17(5-1-3-15-4-2-10-24-15)20-8-9-21-14(12-20)11-16(19-21)18(23)13-6-7-13/h2,4,10-11,13,18,23H,1,3,5-9,12H2. The topological polar surface area (TPSA) is 58.4 Å². The first-order valence-electron chi connectivity index (χ1n) is 8.75. The van der Waals surface area contributed by atoms with Crippen LogP contribution in [0, 0.1) is 5.92 Å². The lowest BCUT2D eigenvalue weighted by Crippen LogP contribution is -2.38. The summed E-state index contributed by atoms with van der Waals surface area (Å²) in [6.45, 7) is 2.05. The fourth-order valence-corrected chi connectivity index (χ4v) is 4.08. The molecule has 1 aliphatic heterocycles. The van der Waals surface area contributed by atoms with Crippen LogP contribution < -0.4 is 0 Å². The molecular weight excluding hydrogens is 322 g/mol. The highest BCUT2D eigenvalue weighted by Gasteiger charge is 2.33. The first-order valence-corrected chi connectivity index (χ1v) is 9.63. The maximum atomic E-state index is 12.4. The smallest absolute Gasteiger partial charge is 0.222 e. The van der Waals surface area contributed by atoms with Crippen LogP contribution in [0.3, 0.4) is 0 Å². The molecule has 24 heavy (non-hydrogen) atoms. The summed E-state index contributed by atoms with van der Waals surface area (Å²) in [7, 11) is 0. The highest BCUT2D eigenvalue weighted by Crippen LogP contribution is 2.40. The number of carbonyl (C=O) groups excluding carboxylic acids is 1. The van der Waals surface area contributed by atoms with E-state index in [0.717, 1.165) is 43.6 Å². The van der Waals surface area contributed by atoms with Crippen LogP contribution in [0.5, 0.6) is 0 Å². The first-order chi connectivity index (χ1) is 11.7. The molecule has 1 amide bonds. The number of rotatable bonds is 6. The Bertz CT molecular complexity index is 706. The number of aryl methyl sites for hydroxylation is 1. The Labute approximate surface area is 145 Å². The number of thiophene rings is 1. The van der Waals surface area contributed by atoms with Gasteiger partial charge in [-0.3, -0.25) is 9.48 Å². The third-order valence-corrected chi connectivity index (χ3v) is 5.87. The molecule has 1 fully saturated rings. The lowest BCUT2D eigenvalue weighted by atomic mass is 10.1. The molecule has 0 aromatic carbocycles. The van der Waals surface area contributed by atoms with Crippen LogP contribution in [-0.4, -0.2) is 32.2 Å². The fourth-order valence-electron chi connectivity index (χ4n) is 3.33. The van der Waals surface area contributed by atoms with E-state index in [-0.39, 0.29) is 5.91 Å². The molecule has 1 atom stereocenters. The zero-order valence-corrected chi connectivity index (χ0v) is 14.5. The number of carbonyl (C=O) groups is 1. The lowest BCUT2D eigenvalue weighted by Gasteiger charge is -2.27. The number of aliphatic hydroxyl groups is 1. The number of nitrogens with zero attached hydrogens (tertiary/aromatic N) is 3. The van der Waals surface area contributed by atoms with Gasteiger partial charge in [0.25, 0.3) is 0 Å². The van der Waals surface area contributed by atoms with E-state index in [9.17, 15) is 9.90 Å². The number of fused-ring (bicyclic) bond motifs is 1. The van der Waals surface area contributed by atoms with E-state index in [1.165, 1.54) is 4.88 Å². The van der Waals surface area contributed by atoms with Gasteiger partial charge in [0.15, 0.2) is 0 Å². The molecule has 2 aliphatic rings. The lowest BCUT2D eigenvalue weighted by molar-refractivity contribution is -0.132. The summed E-state index contributed by atoms with van der Waals surface area (Å²) in [6, 6.07) is 6.16. The molecule has 4 rings (SSSR count). The van der Waals surface area contributed by atoms with Crippen LogP contribution in [0.2, 0.25) is 0 Å². The number of amides is 1. The van der Waals surface area contributed by atoms with E-state index in [2.05, 4.69) is 22.6 Å². The van der Waals surface area contributed by atoms with Gasteiger partial charge in [0.2, 0.25) is 5.91 Å². The third kappa shape index (κ3) is 3.39. The van der Waals surface area contributed by atoms with Gasteiger partial charge >= 0.3 is 0 Å². The Kier molecular flexibility index (Phi) is 4.41. The summed E-state index contributed by atoms with van der Waals surface area (Å²) in [6.07, 6.45) is 4.24. The second kappa shape index (κ2) is 6.69. The van der Waals surface area contributed by atoms with Gasteiger partial charge in [-0.2, -0.15) is 5.10 Å². The number of aromatic nitrogens is 2. The minimum atomic E-state index is -0.432. The predicted molar refractivity (Wildman–Crippen MR) is 92.6 cm³/mol. The Hall–Kier alpha value is -1.66. The molecule has 6 heteroatoms. The van der Waals surface area contributed by atoms with Crippen LogP contribution in [-0.2, 0) is 24.3 Å². The molecule has 0 saturated heterocycles. The molecule has 0 bridgehead atoms. The van der Waals surface area contributed by atoms with Gasteiger partial charge in [-0.1, -0.05) is 6.07 Å². The number of aliphatic hydroxyl groups excluding tert-OH is 1. The molecule has 0 radical (unpaired) electrons. The summed E-state index contributed by atoms with van der Waals surface area (Å²) in [4.78, 5) is 15.7. The van der Waals surface area contributed by atoms with E-state index in [0.29, 0.717) is 25.4 Å². The molecule has 0 spiro atoms. The summed E-state index contributed by atoms with van der Waals surface area (Å²) >= 11 is 1.75. The van der Waals surface area contributed by atoms with Gasteiger partial charge in [-0.15, -0.1) is 11.3 Å². The molecule has 128 valence electrons. The molecule has 1 saturated carbocycles. The molecule has 2 aromatic rings. The van der Waals surface area contributed by atoms with Crippen molar-refractivity contribution >= 4 is 17.2 Å². The van der Waals surface area contributed by atoms with Gasteiger partial charge < -0.3 is 10.0 Å². The van der Waals surface area contributed by atoms with Crippen molar-refractivity contribution < 1.29 is 9.90 Å². The SMILES string of the molecule is O=C(CCCc1cccs1)N1CCn2nc(C(O)C3CC3)cc2C1. The van der Waals surface area contributed by atoms with Crippen molar-refractivity contribution in [2.45, 2.75) is 51.3 Å². The summed E-state index contributed by atoms with van der Waals surface area (Å²) < 4.78 is 1.95. The number of hydrogen-bond acceptors (Lipinski definition) is 4. The number of hydrogen-bond donors (Lipinski definition) is 1. The Morgan fingerprint density at radius 1 is 1.42 bits per heavy atom. The second-order valence-electron chi connectivity index (χ2n) is 6.81. The van der Waals surface area contributed by atoms with Crippen molar-refractivity contribution in [2.75, 3.05) is 6.54 Å². The molecule has 1 unspecified atom stereocenters. The maximum absolute atomic E-state index is 12.4. The van der Waals surface area contributed by atoms with E-state index in [1.54, 1.807) is 11.3 Å². The van der Waals surface area contributed by atoms with E-state index in [1.807, 2.05) is 15.6 Å². The fraction of sp³-hybridized carbons (Fsp3) is 0.556. The van der Waals surface area contributed by atoms with Crippen molar-refractivity contribution in [3.63, 3.8) is 0 Å². The highest BCUT2D eigenvalue weighted by atomic mass is 32.1. The largest absolute Gasteiger partial charge is 0.386 e. The molecule has 3 heterocycles. The van der Waals surface area contributed by atoms with Crippen LogP contribution >= 0.6 is 11.3 Å². The molecule has 1 aliphatic carbocycles. The van der Waals surface area contributed by atoms with Crippen molar-refractivity contribution in [3.05, 3.63) is 39.8 Å². The normalized spacial score (nSPS) is 18.5.